The second-order valence-electron chi connectivity index (χ2n) is 12.5. The van der Waals surface area contributed by atoms with Gasteiger partial charge in [-0.3, -0.25) is 14.5 Å². The van der Waals surface area contributed by atoms with E-state index in [4.69, 9.17) is 4.74 Å². The average molecular weight is 458 g/mol. The average Bonchev–Trinajstić information content (AvgIpc) is 2.97. The first-order chi connectivity index (χ1) is 15.2. The molecule has 0 N–H and O–H groups in total. The Kier molecular flexibility index (Phi) is 8.60. The van der Waals surface area contributed by atoms with E-state index >= 15 is 0 Å². The topological polar surface area (TPSA) is 46.6 Å². The van der Waals surface area contributed by atoms with Gasteiger partial charge in [0.25, 0.3) is 0 Å². The molecule has 1 fully saturated rings. The molecule has 33 heavy (non-hydrogen) atoms. The fourth-order valence-corrected chi connectivity index (χ4v) is 5.22. The number of imide groups is 1. The SMILES string of the molecule is CCCCOC(CC(C)(C)C)C(C)(C)C(C)(C)C1C(=O)N(c2ccccc2)C(=O)C1C(C)C. The molecule has 0 radical (unpaired) electrons. The van der Waals surface area contributed by atoms with Crippen LogP contribution in [0.25, 0.3) is 0 Å². The van der Waals surface area contributed by atoms with E-state index in [2.05, 4.69) is 69.2 Å². The number of unbranched alkanes of at least 4 members (excludes halogenated alkanes) is 1. The summed E-state index contributed by atoms with van der Waals surface area (Å²) in [6.45, 7) is 22.5. The van der Waals surface area contributed by atoms with Gasteiger partial charge < -0.3 is 4.74 Å². The zero-order chi connectivity index (χ0) is 25.2. The number of amides is 2. The lowest BCUT2D eigenvalue weighted by Gasteiger charge is -2.51. The maximum Gasteiger partial charge on any atom is 0.238 e. The van der Waals surface area contributed by atoms with E-state index in [-0.39, 0.29) is 40.6 Å². The highest BCUT2D eigenvalue weighted by Crippen LogP contribution is 2.55. The molecule has 0 aliphatic carbocycles. The van der Waals surface area contributed by atoms with Gasteiger partial charge in [0, 0.05) is 6.61 Å². The van der Waals surface area contributed by atoms with Crippen LogP contribution in [0.5, 0.6) is 0 Å². The van der Waals surface area contributed by atoms with Crippen LogP contribution in [0.2, 0.25) is 0 Å². The Morgan fingerprint density at radius 1 is 0.939 bits per heavy atom. The molecule has 4 heteroatoms. The highest BCUT2D eigenvalue weighted by atomic mass is 16.5. The Hall–Kier alpha value is -1.68. The first-order valence-electron chi connectivity index (χ1n) is 12.7. The summed E-state index contributed by atoms with van der Waals surface area (Å²) >= 11 is 0. The number of hydrogen-bond acceptors (Lipinski definition) is 3. The summed E-state index contributed by atoms with van der Waals surface area (Å²) in [5, 5.41) is 0. The van der Waals surface area contributed by atoms with Crippen LogP contribution in [-0.2, 0) is 14.3 Å². The number of carbonyl (C=O) groups is 2. The highest BCUT2D eigenvalue weighted by Gasteiger charge is 2.60. The van der Waals surface area contributed by atoms with Gasteiger partial charge in [0.05, 0.1) is 23.6 Å². The van der Waals surface area contributed by atoms with Gasteiger partial charge >= 0.3 is 0 Å². The van der Waals surface area contributed by atoms with Gasteiger partial charge in [0.1, 0.15) is 0 Å². The van der Waals surface area contributed by atoms with Crippen LogP contribution in [0.4, 0.5) is 5.69 Å². The van der Waals surface area contributed by atoms with Crippen molar-refractivity contribution in [3.05, 3.63) is 30.3 Å². The smallest absolute Gasteiger partial charge is 0.238 e. The van der Waals surface area contributed by atoms with Crippen LogP contribution in [0, 0.1) is 34.0 Å². The molecule has 0 bridgehead atoms. The van der Waals surface area contributed by atoms with Crippen LogP contribution in [-0.4, -0.2) is 24.5 Å². The van der Waals surface area contributed by atoms with Gasteiger partial charge in [-0.05, 0) is 47.1 Å². The van der Waals surface area contributed by atoms with Crippen LogP contribution in [0.3, 0.4) is 0 Å². The minimum Gasteiger partial charge on any atom is -0.378 e. The van der Waals surface area contributed by atoms with Crippen LogP contribution >= 0.6 is 0 Å². The predicted molar refractivity (Wildman–Crippen MR) is 137 cm³/mol. The van der Waals surface area contributed by atoms with E-state index in [1.807, 2.05) is 30.3 Å². The van der Waals surface area contributed by atoms with Gasteiger partial charge in [0.2, 0.25) is 11.8 Å². The normalized spacial score (nSPS) is 21.2. The fraction of sp³-hybridized carbons (Fsp3) is 0.724. The summed E-state index contributed by atoms with van der Waals surface area (Å²) in [4.78, 5) is 29.0. The number of hydrogen-bond donors (Lipinski definition) is 0. The summed E-state index contributed by atoms with van der Waals surface area (Å²) in [5.41, 5.74) is -0.0260. The van der Waals surface area contributed by atoms with Gasteiger partial charge in [-0.15, -0.1) is 0 Å². The molecule has 1 heterocycles. The number of para-hydroxylation sites is 1. The van der Waals surface area contributed by atoms with E-state index in [0.717, 1.165) is 25.9 Å². The lowest BCUT2D eigenvalue weighted by Crippen LogP contribution is -2.52. The number of anilines is 1. The quantitative estimate of drug-likeness (QED) is 0.277. The molecular formula is C29H47NO3. The second-order valence-corrected chi connectivity index (χ2v) is 12.5. The minimum atomic E-state index is -0.458. The third-order valence-electron chi connectivity index (χ3n) is 7.94. The molecule has 3 unspecified atom stereocenters. The third-order valence-corrected chi connectivity index (χ3v) is 7.94. The molecule has 1 aromatic rings. The first-order valence-corrected chi connectivity index (χ1v) is 12.7. The van der Waals surface area contributed by atoms with E-state index in [0.29, 0.717) is 5.69 Å². The van der Waals surface area contributed by atoms with E-state index in [1.165, 1.54) is 4.90 Å². The van der Waals surface area contributed by atoms with Crippen LogP contribution in [0.1, 0.15) is 88.5 Å². The number of benzene rings is 1. The molecule has 1 aromatic carbocycles. The summed E-state index contributed by atoms with van der Waals surface area (Å²) in [6, 6.07) is 9.37. The van der Waals surface area contributed by atoms with Crippen molar-refractivity contribution in [3.63, 3.8) is 0 Å². The molecule has 2 rings (SSSR count). The molecule has 2 amide bonds. The molecule has 1 aliphatic rings. The van der Waals surface area contributed by atoms with Crippen molar-refractivity contribution in [2.45, 2.75) is 94.6 Å². The Bertz CT molecular complexity index is 804. The summed E-state index contributed by atoms with van der Waals surface area (Å²) in [5.74, 6) is -0.840. The lowest BCUT2D eigenvalue weighted by atomic mass is 9.54. The van der Waals surface area contributed by atoms with Crippen molar-refractivity contribution in [2.24, 2.45) is 34.0 Å². The van der Waals surface area contributed by atoms with Gasteiger partial charge in [-0.2, -0.15) is 0 Å². The van der Waals surface area contributed by atoms with E-state index < -0.39 is 11.3 Å². The van der Waals surface area contributed by atoms with Gasteiger partial charge in [-0.1, -0.05) is 93.9 Å². The van der Waals surface area contributed by atoms with Crippen LogP contribution < -0.4 is 4.90 Å². The summed E-state index contributed by atoms with van der Waals surface area (Å²) in [6.07, 6.45) is 2.99. The zero-order valence-corrected chi connectivity index (χ0v) is 22.7. The largest absolute Gasteiger partial charge is 0.378 e. The Balaban J connectivity index is 2.51. The molecule has 1 saturated heterocycles. The maximum absolute atomic E-state index is 14.0. The molecule has 3 atom stereocenters. The molecule has 0 spiro atoms. The van der Waals surface area contributed by atoms with E-state index in [1.54, 1.807) is 0 Å². The van der Waals surface area contributed by atoms with Crippen molar-refractivity contribution in [3.8, 4) is 0 Å². The monoisotopic (exact) mass is 457 g/mol. The van der Waals surface area contributed by atoms with Crippen molar-refractivity contribution < 1.29 is 14.3 Å². The van der Waals surface area contributed by atoms with Crippen LogP contribution in [0.15, 0.2) is 30.3 Å². The number of nitrogens with zero attached hydrogens (tertiary/aromatic N) is 1. The molecule has 186 valence electrons. The summed E-state index contributed by atoms with van der Waals surface area (Å²) in [7, 11) is 0. The van der Waals surface area contributed by atoms with E-state index in [9.17, 15) is 9.59 Å². The van der Waals surface area contributed by atoms with Crippen molar-refractivity contribution in [1.29, 1.82) is 0 Å². The third kappa shape index (κ3) is 5.70. The lowest BCUT2D eigenvalue weighted by molar-refractivity contribution is -0.145. The molecule has 4 nitrogen and oxygen atoms in total. The zero-order valence-electron chi connectivity index (χ0n) is 22.7. The number of ether oxygens (including phenoxy) is 1. The van der Waals surface area contributed by atoms with Crippen molar-refractivity contribution >= 4 is 17.5 Å². The Morgan fingerprint density at radius 3 is 2.00 bits per heavy atom. The number of rotatable bonds is 10. The maximum atomic E-state index is 14.0. The Morgan fingerprint density at radius 2 is 1.52 bits per heavy atom. The fourth-order valence-electron chi connectivity index (χ4n) is 5.22. The van der Waals surface area contributed by atoms with Gasteiger partial charge in [-0.25, -0.2) is 0 Å². The highest BCUT2D eigenvalue weighted by molar-refractivity contribution is 6.22. The Labute approximate surface area is 202 Å². The van der Waals surface area contributed by atoms with Crippen molar-refractivity contribution in [2.75, 3.05) is 11.5 Å². The standard InChI is InChI=1S/C29H47NO3/c1-11-12-18-33-22(19-27(4,5)6)28(7,8)29(9,10)24-23(20(2)3)25(31)30(26(24)32)21-16-14-13-15-17-21/h13-17,20,22-24H,11-12,18-19H2,1-10H3. The molecule has 0 aromatic heterocycles. The van der Waals surface area contributed by atoms with Crippen molar-refractivity contribution in [1.82, 2.24) is 0 Å². The molecule has 1 aliphatic heterocycles. The number of carbonyl (C=O) groups excluding carboxylic acids is 2. The molecular weight excluding hydrogens is 410 g/mol. The predicted octanol–water partition coefficient (Wildman–Crippen LogP) is 7.12. The minimum absolute atomic E-state index is 0.0134. The first kappa shape index (κ1) is 27.6. The molecule has 0 saturated carbocycles. The van der Waals surface area contributed by atoms with Gasteiger partial charge in [0.15, 0.2) is 0 Å². The summed E-state index contributed by atoms with van der Waals surface area (Å²) < 4.78 is 6.53. The second kappa shape index (κ2) is 10.3.